The fraction of sp³-hybridized carbons (Fsp3) is 0.214. The van der Waals surface area contributed by atoms with Crippen molar-refractivity contribution in [3.05, 3.63) is 48.5 Å². The van der Waals surface area contributed by atoms with Gasteiger partial charge in [0, 0.05) is 30.9 Å². The van der Waals surface area contributed by atoms with Gasteiger partial charge in [0.25, 0.3) is 0 Å². The van der Waals surface area contributed by atoms with Gasteiger partial charge in [-0.05, 0) is 11.1 Å². The van der Waals surface area contributed by atoms with E-state index in [-0.39, 0.29) is 5.91 Å². The third kappa shape index (κ3) is 2.91. The van der Waals surface area contributed by atoms with Crippen LogP contribution in [-0.2, 0) is 11.3 Å². The van der Waals surface area contributed by atoms with Crippen molar-refractivity contribution in [1.29, 1.82) is 0 Å². The Balaban J connectivity index is 2.24. The molecule has 0 spiro atoms. The van der Waals surface area contributed by atoms with Gasteiger partial charge in [0.2, 0.25) is 5.91 Å². The molecule has 1 aromatic carbocycles. The summed E-state index contributed by atoms with van der Waals surface area (Å²) < 4.78 is 0. The van der Waals surface area contributed by atoms with Crippen molar-refractivity contribution in [3.8, 4) is 11.1 Å². The predicted molar refractivity (Wildman–Crippen MR) is 69.6 cm³/mol. The van der Waals surface area contributed by atoms with Crippen molar-refractivity contribution in [3.63, 3.8) is 0 Å². The largest absolute Gasteiger partial charge is 0.352 e. The van der Waals surface area contributed by atoms with Gasteiger partial charge in [0.05, 0.1) is 0 Å². The van der Waals surface area contributed by atoms with Crippen LogP contribution in [0.25, 0.3) is 11.1 Å². The first kappa shape index (κ1) is 12.2. The lowest BCUT2D eigenvalue weighted by Gasteiger charge is -2.09. The fourth-order valence-electron chi connectivity index (χ4n) is 1.71. The standard InChI is InChI=1S/C14H15N3O/c1-2-14(18)17-9-11-5-3-4-6-13(11)12-7-15-10-16-8-12/h3-8,10H,2,9H2,1H3,(H,17,18). The van der Waals surface area contributed by atoms with E-state index in [1.54, 1.807) is 12.4 Å². The molecular weight excluding hydrogens is 226 g/mol. The van der Waals surface area contributed by atoms with Crippen LogP contribution in [-0.4, -0.2) is 15.9 Å². The highest BCUT2D eigenvalue weighted by molar-refractivity contribution is 5.76. The van der Waals surface area contributed by atoms with Crippen LogP contribution in [0.4, 0.5) is 0 Å². The summed E-state index contributed by atoms with van der Waals surface area (Å²) in [6, 6.07) is 7.93. The van der Waals surface area contributed by atoms with Crippen molar-refractivity contribution >= 4 is 5.91 Å². The number of rotatable bonds is 4. The molecule has 0 aliphatic rings. The number of aromatic nitrogens is 2. The smallest absolute Gasteiger partial charge is 0.219 e. The second kappa shape index (κ2) is 5.91. The number of carbonyl (C=O) groups is 1. The molecule has 1 amide bonds. The number of nitrogens with one attached hydrogen (secondary N) is 1. The molecule has 0 saturated carbocycles. The minimum atomic E-state index is 0.0501. The maximum atomic E-state index is 11.3. The number of hydrogen-bond donors (Lipinski definition) is 1. The van der Waals surface area contributed by atoms with Gasteiger partial charge in [-0.2, -0.15) is 0 Å². The van der Waals surface area contributed by atoms with E-state index < -0.39 is 0 Å². The fourth-order valence-corrected chi connectivity index (χ4v) is 1.71. The number of benzene rings is 1. The van der Waals surface area contributed by atoms with E-state index in [9.17, 15) is 4.79 Å². The van der Waals surface area contributed by atoms with E-state index in [0.717, 1.165) is 16.7 Å². The molecule has 0 atom stereocenters. The molecule has 0 fully saturated rings. The Labute approximate surface area is 106 Å². The van der Waals surface area contributed by atoms with Crippen LogP contribution in [0, 0.1) is 0 Å². The molecule has 0 unspecified atom stereocenters. The van der Waals surface area contributed by atoms with Crippen LogP contribution in [0.1, 0.15) is 18.9 Å². The maximum absolute atomic E-state index is 11.3. The van der Waals surface area contributed by atoms with Crippen LogP contribution in [0.15, 0.2) is 43.0 Å². The molecule has 2 rings (SSSR count). The molecular formula is C14H15N3O. The van der Waals surface area contributed by atoms with E-state index in [1.807, 2.05) is 31.2 Å². The molecule has 0 saturated heterocycles. The zero-order chi connectivity index (χ0) is 12.8. The van der Waals surface area contributed by atoms with E-state index in [1.165, 1.54) is 6.33 Å². The Morgan fingerprint density at radius 2 is 1.94 bits per heavy atom. The van der Waals surface area contributed by atoms with Gasteiger partial charge >= 0.3 is 0 Å². The number of amides is 1. The van der Waals surface area contributed by atoms with Gasteiger partial charge in [-0.15, -0.1) is 0 Å². The first-order valence-electron chi connectivity index (χ1n) is 5.91. The van der Waals surface area contributed by atoms with Crippen LogP contribution in [0.3, 0.4) is 0 Å². The van der Waals surface area contributed by atoms with Crippen LogP contribution in [0.2, 0.25) is 0 Å². The van der Waals surface area contributed by atoms with Gasteiger partial charge in [-0.25, -0.2) is 9.97 Å². The Bertz CT molecular complexity index is 526. The third-order valence-electron chi connectivity index (χ3n) is 2.69. The summed E-state index contributed by atoms with van der Waals surface area (Å²) in [6.45, 7) is 2.37. The minimum absolute atomic E-state index is 0.0501. The first-order chi connectivity index (χ1) is 8.81. The first-order valence-corrected chi connectivity index (χ1v) is 5.91. The van der Waals surface area contributed by atoms with Gasteiger partial charge in [0.15, 0.2) is 0 Å². The zero-order valence-corrected chi connectivity index (χ0v) is 10.3. The zero-order valence-electron chi connectivity index (χ0n) is 10.3. The Hall–Kier alpha value is -2.23. The van der Waals surface area contributed by atoms with Gasteiger partial charge in [0.1, 0.15) is 6.33 Å². The Morgan fingerprint density at radius 3 is 2.67 bits per heavy atom. The number of nitrogens with zero attached hydrogens (tertiary/aromatic N) is 2. The lowest BCUT2D eigenvalue weighted by molar-refractivity contribution is -0.120. The second-order valence-electron chi connectivity index (χ2n) is 3.91. The third-order valence-corrected chi connectivity index (χ3v) is 2.69. The van der Waals surface area contributed by atoms with E-state index in [4.69, 9.17) is 0 Å². The highest BCUT2D eigenvalue weighted by Gasteiger charge is 2.05. The van der Waals surface area contributed by atoms with Crippen LogP contribution in [0.5, 0.6) is 0 Å². The topological polar surface area (TPSA) is 54.9 Å². The molecule has 0 aliphatic carbocycles. The molecule has 92 valence electrons. The molecule has 1 heterocycles. The van der Waals surface area contributed by atoms with Gasteiger partial charge in [-0.1, -0.05) is 31.2 Å². The van der Waals surface area contributed by atoms with Crippen LogP contribution >= 0.6 is 0 Å². The summed E-state index contributed by atoms with van der Waals surface area (Å²) in [4.78, 5) is 19.3. The van der Waals surface area contributed by atoms with Crippen molar-refractivity contribution in [2.75, 3.05) is 0 Å². The summed E-state index contributed by atoms with van der Waals surface area (Å²) >= 11 is 0. The van der Waals surface area contributed by atoms with E-state index in [2.05, 4.69) is 15.3 Å². The highest BCUT2D eigenvalue weighted by Crippen LogP contribution is 2.21. The summed E-state index contributed by atoms with van der Waals surface area (Å²) in [6.07, 6.45) is 5.54. The lowest BCUT2D eigenvalue weighted by Crippen LogP contribution is -2.21. The SMILES string of the molecule is CCC(=O)NCc1ccccc1-c1cncnc1. The Morgan fingerprint density at radius 1 is 1.22 bits per heavy atom. The molecule has 18 heavy (non-hydrogen) atoms. The quantitative estimate of drug-likeness (QED) is 0.892. The monoisotopic (exact) mass is 241 g/mol. The maximum Gasteiger partial charge on any atom is 0.219 e. The van der Waals surface area contributed by atoms with Gasteiger partial charge in [-0.3, -0.25) is 4.79 Å². The molecule has 0 radical (unpaired) electrons. The predicted octanol–water partition coefficient (Wildman–Crippen LogP) is 2.17. The number of carbonyl (C=O) groups excluding carboxylic acids is 1. The molecule has 2 aromatic rings. The summed E-state index contributed by atoms with van der Waals surface area (Å²) in [5.74, 6) is 0.0501. The van der Waals surface area contributed by atoms with Crippen molar-refractivity contribution in [2.24, 2.45) is 0 Å². The molecule has 0 aliphatic heterocycles. The number of hydrogen-bond acceptors (Lipinski definition) is 3. The molecule has 4 heteroatoms. The van der Waals surface area contributed by atoms with E-state index >= 15 is 0 Å². The van der Waals surface area contributed by atoms with Crippen LogP contribution < -0.4 is 5.32 Å². The van der Waals surface area contributed by atoms with Gasteiger partial charge < -0.3 is 5.32 Å². The minimum Gasteiger partial charge on any atom is -0.352 e. The van der Waals surface area contributed by atoms with Crippen molar-refractivity contribution in [2.45, 2.75) is 19.9 Å². The second-order valence-corrected chi connectivity index (χ2v) is 3.91. The summed E-state index contributed by atoms with van der Waals surface area (Å²) in [5.41, 5.74) is 3.07. The average Bonchev–Trinajstić information content (AvgIpc) is 2.46. The Kier molecular flexibility index (Phi) is 4.02. The van der Waals surface area contributed by atoms with E-state index in [0.29, 0.717) is 13.0 Å². The summed E-state index contributed by atoms with van der Waals surface area (Å²) in [7, 11) is 0. The average molecular weight is 241 g/mol. The molecule has 1 aromatic heterocycles. The molecule has 1 N–H and O–H groups in total. The summed E-state index contributed by atoms with van der Waals surface area (Å²) in [5, 5.41) is 2.88. The molecule has 0 bridgehead atoms. The van der Waals surface area contributed by atoms with Crippen molar-refractivity contribution < 1.29 is 4.79 Å². The normalized spacial score (nSPS) is 10.1. The van der Waals surface area contributed by atoms with Crippen molar-refractivity contribution in [1.82, 2.24) is 15.3 Å². The highest BCUT2D eigenvalue weighted by atomic mass is 16.1. The lowest BCUT2D eigenvalue weighted by atomic mass is 10.0. The molecule has 4 nitrogen and oxygen atoms in total.